The first-order chi connectivity index (χ1) is 37.1. The molecule has 0 aromatic carbocycles. The Balaban J connectivity index is 2.34. The average molecular weight is 1160 g/mol. The van der Waals surface area contributed by atoms with Gasteiger partial charge in [-0.1, -0.05) is 6.92 Å². The Labute approximate surface area is 475 Å². The van der Waals surface area contributed by atoms with Crippen LogP contribution in [0.5, 0.6) is 0 Å². The van der Waals surface area contributed by atoms with Crippen LogP contribution in [-0.2, 0) is 76.0 Å². The molecule has 0 aromatic heterocycles. The highest BCUT2D eigenvalue weighted by Crippen LogP contribution is 2.36. The Morgan fingerprint density at radius 3 is 1.32 bits per heavy atom. The van der Waals surface area contributed by atoms with E-state index in [9.17, 15) is 43.2 Å². The minimum Gasteiger partial charge on any atom is -0.457 e. The van der Waals surface area contributed by atoms with Crippen molar-refractivity contribution in [2.24, 2.45) is 0 Å². The normalized spacial score (nSPS) is 26.6. The number of hydrogen-bond acceptors (Lipinski definition) is 21. The standard InChI is InChI=1S/C54H92N6O21/c1-20-31-25-34(59-48(68)80-53(14,15)16)40(71-29(3)62)44(73-31)76-38-35(57-42(64)37(70-28(2)61)23-24-55-45(65)77-50(5,6)7)26-36(60-49(69)81-54(17,18)19)39(41(38)72-30(4)63)75-43-33(58-47(67)79-52(11,12)13)22-21-32(74-43)27-56-46(66)78-51(8,9)10/h31-41,43-44H,20-27H2,1-19H3,(H,55,65)(H,56,66)(H,57,64)(H,58,67)(H,59,68)(H,60,69)/t31?,32?,33?,34-,35+,36+,37-,38-,39?,40?,41?,43+,44+/m0/s1. The lowest BCUT2D eigenvalue weighted by atomic mass is 9.82. The van der Waals surface area contributed by atoms with Crippen molar-refractivity contribution in [2.75, 3.05) is 13.1 Å². The molecule has 13 atom stereocenters. The number of nitrogens with one attached hydrogen (secondary N) is 6. The van der Waals surface area contributed by atoms with Crippen molar-refractivity contribution in [2.45, 2.75) is 278 Å². The average Bonchev–Trinajstić information content (AvgIpc) is 3.25. The van der Waals surface area contributed by atoms with Gasteiger partial charge in [-0.25, -0.2) is 24.0 Å². The molecule has 0 radical (unpaired) electrons. The summed E-state index contributed by atoms with van der Waals surface area (Å²) in [4.78, 5) is 120. The van der Waals surface area contributed by atoms with Crippen LogP contribution in [0.25, 0.3) is 0 Å². The van der Waals surface area contributed by atoms with Gasteiger partial charge in [-0.05, 0) is 136 Å². The molecule has 6 N–H and O–H groups in total. The third-order valence-corrected chi connectivity index (χ3v) is 11.5. The number of esters is 3. The van der Waals surface area contributed by atoms with Crippen LogP contribution in [0.3, 0.4) is 0 Å². The molecular formula is C54H92N6O21. The van der Waals surface area contributed by atoms with E-state index in [0.29, 0.717) is 6.42 Å². The van der Waals surface area contributed by atoms with Crippen LogP contribution in [-0.4, -0.2) is 175 Å². The molecule has 0 bridgehead atoms. The van der Waals surface area contributed by atoms with E-state index in [-0.39, 0.29) is 45.2 Å². The van der Waals surface area contributed by atoms with E-state index in [1.165, 1.54) is 0 Å². The van der Waals surface area contributed by atoms with E-state index < -0.39 is 162 Å². The highest BCUT2D eigenvalue weighted by molar-refractivity contribution is 5.84. The fourth-order valence-corrected chi connectivity index (χ4v) is 8.72. The molecule has 3 aliphatic rings. The van der Waals surface area contributed by atoms with Crippen LogP contribution in [0.15, 0.2) is 0 Å². The zero-order valence-electron chi connectivity index (χ0n) is 50.7. The van der Waals surface area contributed by atoms with Gasteiger partial charge in [0.05, 0.1) is 36.4 Å². The summed E-state index contributed by atoms with van der Waals surface area (Å²) >= 11 is 0. The van der Waals surface area contributed by atoms with E-state index in [0.717, 1.165) is 20.8 Å². The van der Waals surface area contributed by atoms with Gasteiger partial charge in [0, 0.05) is 40.3 Å². The minimum atomic E-state index is -1.74. The van der Waals surface area contributed by atoms with E-state index in [4.69, 9.17) is 56.8 Å². The Morgan fingerprint density at radius 2 is 0.864 bits per heavy atom. The predicted molar refractivity (Wildman–Crippen MR) is 287 cm³/mol. The Hall–Kier alpha value is -5.93. The van der Waals surface area contributed by atoms with Crippen LogP contribution in [0.1, 0.15) is 170 Å². The first-order valence-electron chi connectivity index (χ1n) is 27.4. The summed E-state index contributed by atoms with van der Waals surface area (Å²) in [6, 6.07) is -4.80. The molecule has 2 saturated heterocycles. The number of carbonyl (C=O) groups is 9. The van der Waals surface area contributed by atoms with Gasteiger partial charge < -0.3 is 88.7 Å². The highest BCUT2D eigenvalue weighted by atomic mass is 16.7. The van der Waals surface area contributed by atoms with Gasteiger partial charge in [-0.3, -0.25) is 19.2 Å². The van der Waals surface area contributed by atoms with Crippen LogP contribution in [0.4, 0.5) is 24.0 Å². The van der Waals surface area contributed by atoms with Crippen molar-refractivity contribution in [1.82, 2.24) is 31.9 Å². The maximum absolute atomic E-state index is 14.7. The first kappa shape index (κ1) is 69.3. The number of amides is 6. The SMILES string of the molecule is CCC1C[C@H](NC(=O)OC(C)(C)C)C(OC(C)=O)[C@@H](O[C@@H]2C(OC(C)=O)C(O[C@H]3OC(CNC(=O)OC(C)(C)C)CCC3NC(=O)OC(C)(C)C)[C@H](NC(=O)OC(C)(C)C)C[C@H]2NC(=O)[C@H](CCNC(=O)OC(C)(C)C)OC(C)=O)O1. The van der Waals surface area contributed by atoms with E-state index in [1.807, 2.05) is 0 Å². The zero-order chi connectivity index (χ0) is 61.6. The van der Waals surface area contributed by atoms with E-state index in [1.54, 1.807) is 111 Å². The number of carbonyl (C=O) groups excluding carboxylic acids is 9. The second-order valence-corrected chi connectivity index (χ2v) is 25.1. The molecule has 464 valence electrons. The van der Waals surface area contributed by atoms with Crippen LogP contribution < -0.4 is 31.9 Å². The van der Waals surface area contributed by atoms with Crippen molar-refractivity contribution < 1.29 is 100.0 Å². The highest BCUT2D eigenvalue weighted by Gasteiger charge is 2.55. The molecule has 6 amide bonds. The molecule has 3 fully saturated rings. The molecule has 0 spiro atoms. The summed E-state index contributed by atoms with van der Waals surface area (Å²) in [6.45, 7) is 29.7. The number of rotatable bonds is 18. The third-order valence-electron chi connectivity index (χ3n) is 11.5. The molecule has 81 heavy (non-hydrogen) atoms. The molecule has 2 heterocycles. The van der Waals surface area contributed by atoms with Gasteiger partial charge in [0.25, 0.3) is 5.91 Å². The van der Waals surface area contributed by atoms with Crippen LogP contribution in [0, 0.1) is 0 Å². The molecule has 1 saturated carbocycles. The second-order valence-electron chi connectivity index (χ2n) is 25.1. The van der Waals surface area contributed by atoms with Crippen LogP contribution in [0.2, 0.25) is 0 Å². The number of alkyl carbamates (subject to hydrolysis) is 5. The second kappa shape index (κ2) is 29.4. The Morgan fingerprint density at radius 1 is 0.457 bits per heavy atom. The van der Waals surface area contributed by atoms with Crippen molar-refractivity contribution in [3.8, 4) is 0 Å². The summed E-state index contributed by atoms with van der Waals surface area (Å²) in [7, 11) is 0. The van der Waals surface area contributed by atoms with Crippen molar-refractivity contribution in [3.63, 3.8) is 0 Å². The maximum atomic E-state index is 14.7. The molecular weight excluding hydrogens is 1070 g/mol. The molecule has 3 rings (SSSR count). The van der Waals surface area contributed by atoms with E-state index in [2.05, 4.69) is 31.9 Å². The van der Waals surface area contributed by atoms with E-state index >= 15 is 0 Å². The zero-order valence-corrected chi connectivity index (χ0v) is 50.7. The molecule has 6 unspecified atom stereocenters. The predicted octanol–water partition coefficient (Wildman–Crippen LogP) is 5.59. The molecule has 27 heteroatoms. The largest absolute Gasteiger partial charge is 0.457 e. The fraction of sp³-hybridized carbons (Fsp3) is 0.833. The van der Waals surface area contributed by atoms with Crippen molar-refractivity contribution >= 4 is 54.3 Å². The lowest BCUT2D eigenvalue weighted by molar-refractivity contribution is -0.304. The van der Waals surface area contributed by atoms with Gasteiger partial charge in [0.15, 0.2) is 30.9 Å². The molecule has 27 nitrogen and oxygen atoms in total. The molecule has 2 aliphatic heterocycles. The van der Waals surface area contributed by atoms with Gasteiger partial charge in [0.1, 0.15) is 40.2 Å². The maximum Gasteiger partial charge on any atom is 0.408 e. The van der Waals surface area contributed by atoms with Gasteiger partial charge in [-0.15, -0.1) is 0 Å². The summed E-state index contributed by atoms with van der Waals surface area (Å²) in [6.07, 6.45) is -16.7. The monoisotopic (exact) mass is 1160 g/mol. The number of hydrogen-bond donors (Lipinski definition) is 6. The van der Waals surface area contributed by atoms with Gasteiger partial charge in [-0.2, -0.15) is 0 Å². The smallest absolute Gasteiger partial charge is 0.408 e. The summed E-state index contributed by atoms with van der Waals surface area (Å²) in [5, 5.41) is 16.4. The van der Waals surface area contributed by atoms with Crippen LogP contribution >= 0.6 is 0 Å². The van der Waals surface area contributed by atoms with Crippen molar-refractivity contribution in [1.29, 1.82) is 0 Å². The van der Waals surface area contributed by atoms with Crippen molar-refractivity contribution in [3.05, 3.63) is 0 Å². The summed E-state index contributed by atoms with van der Waals surface area (Å²) in [5.41, 5.74) is -4.66. The Bertz CT molecular complexity index is 2160. The minimum absolute atomic E-state index is 0.0930. The quantitative estimate of drug-likeness (QED) is 0.0719. The lowest BCUT2D eigenvalue weighted by Crippen LogP contribution is -2.70. The third kappa shape index (κ3) is 26.2. The molecule has 0 aromatic rings. The van der Waals surface area contributed by atoms with Gasteiger partial charge >= 0.3 is 48.4 Å². The Kier molecular flexibility index (Phi) is 25.1. The van der Waals surface area contributed by atoms with Gasteiger partial charge in [0.2, 0.25) is 0 Å². The number of ether oxygens (including phenoxy) is 12. The topological polar surface area (TPSA) is 337 Å². The summed E-state index contributed by atoms with van der Waals surface area (Å²) < 4.78 is 71.9. The molecule has 1 aliphatic carbocycles. The fourth-order valence-electron chi connectivity index (χ4n) is 8.72. The first-order valence-corrected chi connectivity index (χ1v) is 27.4. The summed E-state index contributed by atoms with van der Waals surface area (Å²) in [5.74, 6) is -3.55. The lowest BCUT2D eigenvalue weighted by Gasteiger charge is -2.50.